The molecule has 1 aromatic rings. The summed E-state index contributed by atoms with van der Waals surface area (Å²) in [6, 6.07) is 0.564. The first kappa shape index (κ1) is 22.7. The van der Waals surface area contributed by atoms with Crippen LogP contribution in [0.15, 0.2) is 23.7 Å². The molecule has 1 aliphatic rings. The van der Waals surface area contributed by atoms with Gasteiger partial charge in [-0.2, -0.15) is 0 Å². The van der Waals surface area contributed by atoms with Crippen molar-refractivity contribution in [2.45, 2.75) is 52.6 Å². The van der Waals surface area contributed by atoms with Crippen molar-refractivity contribution in [3.05, 3.63) is 18.7 Å². The van der Waals surface area contributed by atoms with Crippen LogP contribution in [0.3, 0.4) is 0 Å². The Bertz CT molecular complexity index is 560. The number of hydrogen-bond acceptors (Lipinski definition) is 3. The summed E-state index contributed by atoms with van der Waals surface area (Å²) in [5, 5.41) is 6.27. The molecule has 2 rings (SSSR count). The number of imidazole rings is 1. The van der Waals surface area contributed by atoms with E-state index in [-0.39, 0.29) is 35.9 Å². The lowest BCUT2D eigenvalue weighted by atomic mass is 9.93. The van der Waals surface area contributed by atoms with Crippen molar-refractivity contribution in [3.8, 4) is 0 Å². The zero-order valence-electron chi connectivity index (χ0n) is 16.3. The summed E-state index contributed by atoms with van der Waals surface area (Å²) in [6.45, 7) is 11.5. The molecule has 8 heteroatoms. The second-order valence-electron chi connectivity index (χ2n) is 7.00. The minimum Gasteiger partial charge on any atom is -0.357 e. The summed E-state index contributed by atoms with van der Waals surface area (Å²) >= 11 is 0. The van der Waals surface area contributed by atoms with Gasteiger partial charge in [-0.05, 0) is 33.1 Å². The molecular weight excluding hydrogens is 443 g/mol. The maximum atomic E-state index is 11.8. The molecule has 0 spiro atoms. The highest BCUT2D eigenvalue weighted by Crippen LogP contribution is 2.27. The number of nitrogens with one attached hydrogen (secondary N) is 2. The number of piperidine rings is 1. The Morgan fingerprint density at radius 1 is 1.42 bits per heavy atom. The summed E-state index contributed by atoms with van der Waals surface area (Å²) in [7, 11) is 0. The quantitative estimate of drug-likeness (QED) is 0.376. The van der Waals surface area contributed by atoms with Gasteiger partial charge in [0.1, 0.15) is 0 Å². The van der Waals surface area contributed by atoms with Crippen LogP contribution in [0.5, 0.6) is 0 Å². The van der Waals surface area contributed by atoms with E-state index in [2.05, 4.69) is 43.9 Å². The van der Waals surface area contributed by atoms with Crippen LogP contribution in [0.4, 0.5) is 0 Å². The second-order valence-corrected chi connectivity index (χ2v) is 7.00. The van der Waals surface area contributed by atoms with Gasteiger partial charge >= 0.3 is 0 Å². The number of rotatable bonds is 6. The Balaban J connectivity index is 0.00000338. The molecule has 7 nitrogen and oxygen atoms in total. The van der Waals surface area contributed by atoms with E-state index in [0.29, 0.717) is 24.9 Å². The van der Waals surface area contributed by atoms with Crippen molar-refractivity contribution in [2.24, 2.45) is 10.9 Å². The van der Waals surface area contributed by atoms with Gasteiger partial charge in [0.15, 0.2) is 5.96 Å². The average Bonchev–Trinajstić information content (AvgIpc) is 3.08. The van der Waals surface area contributed by atoms with E-state index in [1.807, 2.05) is 32.6 Å². The largest absolute Gasteiger partial charge is 0.357 e. The van der Waals surface area contributed by atoms with Crippen LogP contribution in [0.25, 0.3) is 0 Å². The first-order valence-corrected chi connectivity index (χ1v) is 9.31. The summed E-state index contributed by atoms with van der Waals surface area (Å²) in [5.74, 6) is 1.56. The number of hydrogen-bond donors (Lipinski definition) is 2. The molecule has 1 aromatic heterocycles. The Labute approximate surface area is 174 Å². The third-order valence-electron chi connectivity index (χ3n) is 4.51. The molecule has 0 aliphatic carbocycles. The molecule has 1 amide bonds. The molecule has 148 valence electrons. The summed E-state index contributed by atoms with van der Waals surface area (Å²) in [5.41, 5.74) is 0. The van der Waals surface area contributed by atoms with E-state index in [0.717, 1.165) is 32.0 Å². The van der Waals surface area contributed by atoms with Gasteiger partial charge in [0.25, 0.3) is 0 Å². The molecule has 2 N–H and O–H groups in total. The van der Waals surface area contributed by atoms with Gasteiger partial charge in [0, 0.05) is 44.5 Å². The monoisotopic (exact) mass is 476 g/mol. The standard InChI is InChI=1S/C18H32N6O.HI/c1-5-20-18(21-8-6-17(25)22-14(2)3)23-10-7-15(4)16(12-23)24-11-9-19-13-24;/h9,11,13-16H,5-8,10,12H2,1-4H3,(H,20,21)(H,22,25);1H. The summed E-state index contributed by atoms with van der Waals surface area (Å²) < 4.78 is 2.19. The van der Waals surface area contributed by atoms with Crippen LogP contribution in [0, 0.1) is 5.92 Å². The molecule has 2 unspecified atom stereocenters. The topological polar surface area (TPSA) is 74.6 Å². The predicted molar refractivity (Wildman–Crippen MR) is 116 cm³/mol. The number of carbonyl (C=O) groups is 1. The van der Waals surface area contributed by atoms with Crippen LogP contribution in [0.2, 0.25) is 0 Å². The number of nitrogens with zero attached hydrogens (tertiary/aromatic N) is 4. The average molecular weight is 476 g/mol. The second kappa shape index (κ2) is 11.4. The van der Waals surface area contributed by atoms with Crippen molar-refractivity contribution >= 4 is 35.8 Å². The summed E-state index contributed by atoms with van der Waals surface area (Å²) in [6.07, 6.45) is 7.29. The molecule has 1 saturated heterocycles. The van der Waals surface area contributed by atoms with E-state index >= 15 is 0 Å². The minimum atomic E-state index is 0. The maximum absolute atomic E-state index is 11.8. The Kier molecular flexibility index (Phi) is 9.97. The number of aliphatic imine (C=N–C) groups is 1. The van der Waals surface area contributed by atoms with E-state index in [9.17, 15) is 4.79 Å². The molecule has 0 radical (unpaired) electrons. The Hall–Kier alpha value is -1.32. The molecule has 1 aliphatic heterocycles. The maximum Gasteiger partial charge on any atom is 0.222 e. The van der Waals surface area contributed by atoms with Crippen LogP contribution in [-0.4, -0.2) is 58.5 Å². The Morgan fingerprint density at radius 3 is 2.81 bits per heavy atom. The summed E-state index contributed by atoms with van der Waals surface area (Å²) in [4.78, 5) is 23.0. The fourth-order valence-electron chi connectivity index (χ4n) is 3.18. The zero-order chi connectivity index (χ0) is 18.2. The first-order valence-electron chi connectivity index (χ1n) is 9.31. The van der Waals surface area contributed by atoms with Crippen molar-refractivity contribution in [2.75, 3.05) is 26.2 Å². The fourth-order valence-corrected chi connectivity index (χ4v) is 3.18. The third-order valence-corrected chi connectivity index (χ3v) is 4.51. The van der Waals surface area contributed by atoms with Gasteiger partial charge in [0.05, 0.1) is 18.9 Å². The molecule has 0 aromatic carbocycles. The van der Waals surface area contributed by atoms with E-state index in [1.165, 1.54) is 0 Å². The zero-order valence-corrected chi connectivity index (χ0v) is 18.6. The third kappa shape index (κ3) is 6.77. The van der Waals surface area contributed by atoms with E-state index in [4.69, 9.17) is 0 Å². The van der Waals surface area contributed by atoms with Crippen LogP contribution >= 0.6 is 24.0 Å². The lowest BCUT2D eigenvalue weighted by Crippen LogP contribution is -2.49. The number of aromatic nitrogens is 2. The number of likely N-dealkylation sites (tertiary alicyclic amines) is 1. The SMILES string of the molecule is CCNC(=NCCC(=O)NC(C)C)N1CCC(C)C(n2ccnc2)C1.I. The minimum absolute atomic E-state index is 0. The van der Waals surface area contributed by atoms with Crippen molar-refractivity contribution < 1.29 is 4.79 Å². The molecule has 2 atom stereocenters. The number of halogens is 1. The van der Waals surface area contributed by atoms with Crippen molar-refractivity contribution in [1.82, 2.24) is 25.1 Å². The van der Waals surface area contributed by atoms with Gasteiger partial charge in [-0.3, -0.25) is 9.79 Å². The fraction of sp³-hybridized carbons (Fsp3) is 0.722. The van der Waals surface area contributed by atoms with Crippen molar-refractivity contribution in [1.29, 1.82) is 0 Å². The van der Waals surface area contributed by atoms with Gasteiger partial charge in [-0.1, -0.05) is 6.92 Å². The van der Waals surface area contributed by atoms with E-state index < -0.39 is 0 Å². The highest BCUT2D eigenvalue weighted by Gasteiger charge is 2.28. The number of guanidine groups is 1. The molecule has 2 heterocycles. The lowest BCUT2D eigenvalue weighted by Gasteiger charge is -2.39. The van der Waals surface area contributed by atoms with Gasteiger partial charge in [-0.25, -0.2) is 4.98 Å². The molecule has 0 bridgehead atoms. The molecule has 1 fully saturated rings. The normalized spacial score (nSPS) is 20.7. The molecular formula is C18H33IN6O. The highest BCUT2D eigenvalue weighted by molar-refractivity contribution is 14.0. The predicted octanol–water partition coefficient (Wildman–Crippen LogP) is 2.26. The van der Waals surface area contributed by atoms with Crippen LogP contribution in [-0.2, 0) is 4.79 Å². The molecule has 26 heavy (non-hydrogen) atoms. The lowest BCUT2D eigenvalue weighted by molar-refractivity contribution is -0.121. The first-order chi connectivity index (χ1) is 12.0. The van der Waals surface area contributed by atoms with E-state index in [1.54, 1.807) is 0 Å². The van der Waals surface area contributed by atoms with Crippen LogP contribution in [0.1, 0.15) is 46.6 Å². The number of carbonyl (C=O) groups excluding carboxylic acids is 1. The van der Waals surface area contributed by atoms with Gasteiger partial charge in [-0.15, -0.1) is 24.0 Å². The Morgan fingerprint density at radius 2 is 2.19 bits per heavy atom. The van der Waals surface area contributed by atoms with Crippen LogP contribution < -0.4 is 10.6 Å². The number of amides is 1. The highest BCUT2D eigenvalue weighted by atomic mass is 127. The van der Waals surface area contributed by atoms with Crippen molar-refractivity contribution in [3.63, 3.8) is 0 Å². The smallest absolute Gasteiger partial charge is 0.222 e. The molecule has 0 saturated carbocycles. The van der Waals surface area contributed by atoms with Gasteiger partial charge in [0.2, 0.25) is 5.91 Å². The van der Waals surface area contributed by atoms with Gasteiger partial charge < -0.3 is 20.1 Å².